The first-order valence-corrected chi connectivity index (χ1v) is 5.42. The second-order valence-corrected chi connectivity index (χ2v) is 4.28. The van der Waals surface area contributed by atoms with Gasteiger partial charge >= 0.3 is 6.09 Å². The van der Waals surface area contributed by atoms with E-state index in [1.54, 1.807) is 25.7 Å². The van der Waals surface area contributed by atoms with Gasteiger partial charge in [0.15, 0.2) is 6.10 Å². The van der Waals surface area contributed by atoms with Crippen molar-refractivity contribution in [2.75, 3.05) is 19.6 Å². The lowest BCUT2D eigenvalue weighted by atomic mass is 10.2. The third kappa shape index (κ3) is 3.30. The number of likely N-dealkylation sites (N-methyl/N-ethyl adjacent to an activating group) is 1. The van der Waals surface area contributed by atoms with Gasteiger partial charge in [0.1, 0.15) is 0 Å². The van der Waals surface area contributed by atoms with E-state index < -0.39 is 18.1 Å². The minimum Gasteiger partial charge on any atom is -0.438 e. The molecule has 0 aromatic rings. The highest BCUT2D eigenvalue weighted by Crippen LogP contribution is 2.29. The highest BCUT2D eigenvalue weighted by Gasteiger charge is 2.50. The number of nitrogens with zero attached hydrogens (tertiary/aromatic N) is 1. The standard InChI is InChI=1S/C10H18F2N2O2/c1-4-14-5-8(10(11,12)6-14)16-9(15)13-7(2)3/h7-8H,4-6H2,1-3H3,(H,13,15). The number of amides is 1. The van der Waals surface area contributed by atoms with Crippen molar-refractivity contribution < 1.29 is 18.3 Å². The van der Waals surface area contributed by atoms with Crippen molar-refractivity contribution >= 4 is 6.09 Å². The second-order valence-electron chi connectivity index (χ2n) is 4.28. The fourth-order valence-electron chi connectivity index (χ4n) is 1.60. The van der Waals surface area contributed by atoms with Crippen LogP contribution in [-0.4, -0.2) is 48.7 Å². The average Bonchev–Trinajstić information content (AvgIpc) is 2.40. The molecule has 0 aromatic carbocycles. The minimum atomic E-state index is -2.95. The van der Waals surface area contributed by atoms with Crippen LogP contribution in [0.3, 0.4) is 0 Å². The number of carbonyl (C=O) groups excluding carboxylic acids is 1. The van der Waals surface area contributed by atoms with E-state index in [4.69, 9.17) is 4.74 Å². The summed E-state index contributed by atoms with van der Waals surface area (Å²) < 4.78 is 31.5. The van der Waals surface area contributed by atoms with E-state index in [-0.39, 0.29) is 19.1 Å². The molecular weight excluding hydrogens is 218 g/mol. The first-order valence-electron chi connectivity index (χ1n) is 5.42. The summed E-state index contributed by atoms with van der Waals surface area (Å²) in [4.78, 5) is 12.8. The summed E-state index contributed by atoms with van der Waals surface area (Å²) in [6.45, 7) is 5.56. The van der Waals surface area contributed by atoms with Crippen molar-refractivity contribution in [3.63, 3.8) is 0 Å². The largest absolute Gasteiger partial charge is 0.438 e. The van der Waals surface area contributed by atoms with E-state index in [1.807, 2.05) is 0 Å². The zero-order chi connectivity index (χ0) is 12.3. The number of nitrogens with one attached hydrogen (secondary N) is 1. The topological polar surface area (TPSA) is 41.6 Å². The molecular formula is C10H18F2N2O2. The summed E-state index contributed by atoms with van der Waals surface area (Å²) in [6.07, 6.45) is -2.12. The van der Waals surface area contributed by atoms with E-state index in [9.17, 15) is 13.6 Å². The lowest BCUT2D eigenvalue weighted by Gasteiger charge is -2.19. The fraction of sp³-hybridized carbons (Fsp3) is 0.900. The van der Waals surface area contributed by atoms with Gasteiger partial charge in [-0.05, 0) is 20.4 Å². The van der Waals surface area contributed by atoms with Crippen LogP contribution in [0.5, 0.6) is 0 Å². The Labute approximate surface area is 93.9 Å². The normalized spacial score (nSPS) is 24.8. The number of alkyl halides is 2. The number of likely N-dealkylation sites (tertiary alicyclic amines) is 1. The molecule has 0 aromatic heterocycles. The molecule has 1 saturated heterocycles. The Kier molecular flexibility index (Phi) is 4.07. The smallest absolute Gasteiger partial charge is 0.407 e. The van der Waals surface area contributed by atoms with Gasteiger partial charge in [-0.2, -0.15) is 0 Å². The van der Waals surface area contributed by atoms with E-state index in [0.29, 0.717) is 6.54 Å². The molecule has 1 heterocycles. The van der Waals surface area contributed by atoms with Gasteiger partial charge in [-0.3, -0.25) is 4.90 Å². The van der Waals surface area contributed by atoms with Gasteiger partial charge in [-0.25, -0.2) is 13.6 Å². The van der Waals surface area contributed by atoms with Crippen LogP contribution < -0.4 is 5.32 Å². The van der Waals surface area contributed by atoms with E-state index in [0.717, 1.165) is 0 Å². The summed E-state index contributed by atoms with van der Waals surface area (Å²) in [5.74, 6) is -2.95. The Morgan fingerprint density at radius 3 is 2.69 bits per heavy atom. The number of hydrogen-bond donors (Lipinski definition) is 1. The van der Waals surface area contributed by atoms with Crippen LogP contribution in [0.2, 0.25) is 0 Å². The van der Waals surface area contributed by atoms with Gasteiger partial charge in [0, 0.05) is 12.6 Å². The van der Waals surface area contributed by atoms with E-state index >= 15 is 0 Å². The predicted octanol–water partition coefficient (Wildman–Crippen LogP) is 1.46. The zero-order valence-electron chi connectivity index (χ0n) is 9.80. The molecule has 1 aliphatic heterocycles. The number of ether oxygens (including phenoxy) is 1. The molecule has 1 aliphatic rings. The first kappa shape index (κ1) is 13.2. The van der Waals surface area contributed by atoms with Gasteiger partial charge in [0.25, 0.3) is 5.92 Å². The van der Waals surface area contributed by atoms with Crippen molar-refractivity contribution in [1.29, 1.82) is 0 Å². The van der Waals surface area contributed by atoms with Crippen LogP contribution in [0.15, 0.2) is 0 Å². The molecule has 0 spiro atoms. The van der Waals surface area contributed by atoms with Crippen molar-refractivity contribution in [3.05, 3.63) is 0 Å². The van der Waals surface area contributed by atoms with Gasteiger partial charge in [0.2, 0.25) is 0 Å². The second kappa shape index (κ2) is 4.95. The van der Waals surface area contributed by atoms with Crippen LogP contribution in [-0.2, 0) is 4.74 Å². The molecule has 1 rings (SSSR count). The maximum absolute atomic E-state index is 13.4. The number of hydrogen-bond acceptors (Lipinski definition) is 3. The maximum atomic E-state index is 13.4. The molecule has 0 aliphatic carbocycles. The van der Waals surface area contributed by atoms with Crippen molar-refractivity contribution in [2.45, 2.75) is 38.8 Å². The van der Waals surface area contributed by atoms with Crippen molar-refractivity contribution in [1.82, 2.24) is 10.2 Å². The summed E-state index contributed by atoms with van der Waals surface area (Å²) in [5, 5.41) is 2.43. The number of carbonyl (C=O) groups is 1. The molecule has 6 heteroatoms. The van der Waals surface area contributed by atoms with Gasteiger partial charge in [0.05, 0.1) is 6.54 Å². The summed E-state index contributed by atoms with van der Waals surface area (Å²) in [7, 11) is 0. The Morgan fingerprint density at radius 2 is 2.25 bits per heavy atom. The molecule has 1 amide bonds. The Hall–Kier alpha value is -0.910. The SMILES string of the molecule is CCN1CC(OC(=O)NC(C)C)C(F)(F)C1. The van der Waals surface area contributed by atoms with Gasteiger partial charge in [-0.1, -0.05) is 6.92 Å². The van der Waals surface area contributed by atoms with Crippen molar-refractivity contribution in [3.8, 4) is 0 Å². The molecule has 1 unspecified atom stereocenters. The highest BCUT2D eigenvalue weighted by molar-refractivity contribution is 5.67. The maximum Gasteiger partial charge on any atom is 0.407 e. The van der Waals surface area contributed by atoms with Crippen LogP contribution in [0.4, 0.5) is 13.6 Å². The molecule has 0 radical (unpaired) electrons. The third-order valence-electron chi connectivity index (χ3n) is 2.43. The first-order chi connectivity index (χ1) is 7.35. The minimum absolute atomic E-state index is 0.0923. The lowest BCUT2D eigenvalue weighted by Crippen LogP contribution is -2.40. The van der Waals surface area contributed by atoms with Gasteiger partial charge < -0.3 is 10.1 Å². The Morgan fingerprint density at radius 1 is 1.62 bits per heavy atom. The Balaban J connectivity index is 2.50. The van der Waals surface area contributed by atoms with E-state index in [2.05, 4.69) is 5.32 Å². The quantitative estimate of drug-likeness (QED) is 0.806. The highest BCUT2D eigenvalue weighted by atomic mass is 19.3. The van der Waals surface area contributed by atoms with Crippen LogP contribution >= 0.6 is 0 Å². The molecule has 94 valence electrons. The van der Waals surface area contributed by atoms with Crippen LogP contribution in [0, 0.1) is 0 Å². The summed E-state index contributed by atoms with van der Waals surface area (Å²) in [6, 6.07) is -0.121. The summed E-state index contributed by atoms with van der Waals surface area (Å²) >= 11 is 0. The predicted molar refractivity (Wildman–Crippen MR) is 55.6 cm³/mol. The van der Waals surface area contributed by atoms with E-state index in [1.165, 1.54) is 0 Å². The lowest BCUT2D eigenvalue weighted by molar-refractivity contribution is -0.0780. The average molecular weight is 236 g/mol. The van der Waals surface area contributed by atoms with Crippen LogP contribution in [0.25, 0.3) is 0 Å². The number of alkyl carbamates (subject to hydrolysis) is 1. The number of halogens is 2. The molecule has 0 saturated carbocycles. The number of rotatable bonds is 3. The fourth-order valence-corrected chi connectivity index (χ4v) is 1.60. The molecule has 1 N–H and O–H groups in total. The van der Waals surface area contributed by atoms with Crippen molar-refractivity contribution in [2.24, 2.45) is 0 Å². The Bertz CT molecular complexity index is 259. The summed E-state index contributed by atoms with van der Waals surface area (Å²) in [5.41, 5.74) is 0. The van der Waals surface area contributed by atoms with Gasteiger partial charge in [-0.15, -0.1) is 0 Å². The van der Waals surface area contributed by atoms with Crippen LogP contribution in [0.1, 0.15) is 20.8 Å². The third-order valence-corrected chi connectivity index (χ3v) is 2.43. The molecule has 16 heavy (non-hydrogen) atoms. The zero-order valence-corrected chi connectivity index (χ0v) is 9.80. The molecule has 4 nitrogen and oxygen atoms in total. The molecule has 1 atom stereocenters. The molecule has 0 bridgehead atoms. The monoisotopic (exact) mass is 236 g/mol. The molecule has 1 fully saturated rings.